The summed E-state index contributed by atoms with van der Waals surface area (Å²) in [5, 5.41) is 19.1. The third-order valence-corrected chi connectivity index (χ3v) is 4.31. The van der Waals surface area contributed by atoms with Crippen LogP contribution in [0, 0.1) is 15.5 Å². The van der Waals surface area contributed by atoms with E-state index in [-0.39, 0.29) is 16.7 Å². The molecule has 2 rings (SSSR count). The fraction of sp³-hybridized carbons (Fsp3) is 0.800. The van der Waals surface area contributed by atoms with Crippen molar-refractivity contribution in [1.82, 2.24) is 9.78 Å². The summed E-state index contributed by atoms with van der Waals surface area (Å²) in [6.45, 7) is 6.54. The monoisotopic (exact) mass is 294 g/mol. The van der Waals surface area contributed by atoms with Gasteiger partial charge in [0, 0.05) is 13.1 Å². The van der Waals surface area contributed by atoms with Crippen LogP contribution in [-0.2, 0) is 13.5 Å². The SMILES string of the molecule is CCCc1nn(C)c(NC2CCCC(C)(C)C2)c1[N+](=O)[O-]. The van der Waals surface area contributed by atoms with Crippen molar-refractivity contribution in [2.24, 2.45) is 12.5 Å². The molecular weight excluding hydrogens is 268 g/mol. The number of nitrogens with one attached hydrogen (secondary N) is 1. The molecule has 1 heterocycles. The van der Waals surface area contributed by atoms with Crippen molar-refractivity contribution < 1.29 is 4.92 Å². The smallest absolute Gasteiger partial charge is 0.333 e. The molecule has 1 unspecified atom stereocenters. The molecule has 6 heteroatoms. The van der Waals surface area contributed by atoms with Crippen molar-refractivity contribution >= 4 is 11.5 Å². The van der Waals surface area contributed by atoms with Gasteiger partial charge in [-0.25, -0.2) is 4.68 Å². The average molecular weight is 294 g/mol. The fourth-order valence-corrected chi connectivity index (χ4v) is 3.34. The minimum atomic E-state index is -0.297. The predicted molar refractivity (Wildman–Crippen MR) is 83.5 cm³/mol. The fourth-order valence-electron chi connectivity index (χ4n) is 3.34. The van der Waals surface area contributed by atoms with Crippen LogP contribution in [0.1, 0.15) is 58.6 Å². The van der Waals surface area contributed by atoms with Crippen LogP contribution in [0.15, 0.2) is 0 Å². The minimum Gasteiger partial charge on any atom is -0.362 e. The molecule has 0 spiro atoms. The summed E-state index contributed by atoms with van der Waals surface area (Å²) in [6, 6.07) is 0.289. The molecule has 1 atom stereocenters. The molecular formula is C15H26N4O2. The maximum Gasteiger partial charge on any atom is 0.333 e. The molecule has 118 valence electrons. The molecule has 21 heavy (non-hydrogen) atoms. The van der Waals surface area contributed by atoms with Crippen molar-refractivity contribution in [1.29, 1.82) is 0 Å². The second kappa shape index (κ2) is 6.03. The molecule has 1 aromatic rings. The summed E-state index contributed by atoms with van der Waals surface area (Å²) in [5.41, 5.74) is 1.04. The Morgan fingerprint density at radius 3 is 2.81 bits per heavy atom. The van der Waals surface area contributed by atoms with Crippen LogP contribution in [0.4, 0.5) is 11.5 Å². The first kappa shape index (κ1) is 15.8. The second-order valence-corrected chi connectivity index (χ2v) is 6.88. The summed E-state index contributed by atoms with van der Waals surface area (Å²) < 4.78 is 1.63. The van der Waals surface area contributed by atoms with Gasteiger partial charge >= 0.3 is 5.69 Å². The lowest BCUT2D eigenvalue weighted by Gasteiger charge is -2.35. The van der Waals surface area contributed by atoms with Gasteiger partial charge in [0.2, 0.25) is 5.82 Å². The summed E-state index contributed by atoms with van der Waals surface area (Å²) in [6.07, 6.45) is 5.99. The lowest BCUT2D eigenvalue weighted by molar-refractivity contribution is -0.384. The Hall–Kier alpha value is -1.59. The zero-order valence-corrected chi connectivity index (χ0v) is 13.5. The molecule has 1 aromatic heterocycles. The van der Waals surface area contributed by atoms with Crippen LogP contribution in [-0.4, -0.2) is 20.7 Å². The summed E-state index contributed by atoms with van der Waals surface area (Å²) in [7, 11) is 1.78. The van der Waals surface area contributed by atoms with E-state index in [9.17, 15) is 10.1 Å². The molecule has 0 saturated heterocycles. The third-order valence-electron chi connectivity index (χ3n) is 4.31. The van der Waals surface area contributed by atoms with Crippen LogP contribution >= 0.6 is 0 Å². The molecule has 0 radical (unpaired) electrons. The molecule has 6 nitrogen and oxygen atoms in total. The number of aryl methyl sites for hydroxylation is 2. The van der Waals surface area contributed by atoms with Gasteiger partial charge in [-0.05, 0) is 31.1 Å². The molecule has 0 aliphatic heterocycles. The second-order valence-electron chi connectivity index (χ2n) is 6.88. The highest BCUT2D eigenvalue weighted by atomic mass is 16.6. The Morgan fingerprint density at radius 1 is 1.52 bits per heavy atom. The maximum absolute atomic E-state index is 11.4. The maximum atomic E-state index is 11.4. The average Bonchev–Trinajstić information content (AvgIpc) is 2.65. The number of hydrogen-bond donors (Lipinski definition) is 1. The van der Waals surface area contributed by atoms with Crippen molar-refractivity contribution in [3.8, 4) is 0 Å². The Morgan fingerprint density at radius 2 is 2.24 bits per heavy atom. The van der Waals surface area contributed by atoms with Gasteiger partial charge in [0.25, 0.3) is 0 Å². The molecule has 1 N–H and O–H groups in total. The van der Waals surface area contributed by atoms with E-state index in [0.717, 1.165) is 25.7 Å². The largest absolute Gasteiger partial charge is 0.362 e. The Labute approximate surface area is 126 Å². The van der Waals surface area contributed by atoms with Crippen molar-refractivity contribution in [2.45, 2.75) is 65.3 Å². The highest BCUT2D eigenvalue weighted by Crippen LogP contribution is 2.38. The third kappa shape index (κ3) is 3.54. The quantitative estimate of drug-likeness (QED) is 0.664. The Kier molecular flexibility index (Phi) is 4.54. The number of rotatable bonds is 5. The molecule has 0 aromatic carbocycles. The molecule has 0 amide bonds. The number of nitro groups is 1. The van der Waals surface area contributed by atoms with Crippen molar-refractivity contribution in [3.05, 3.63) is 15.8 Å². The van der Waals surface area contributed by atoms with Crippen LogP contribution in [0.5, 0.6) is 0 Å². The number of aromatic nitrogens is 2. The number of anilines is 1. The van der Waals surface area contributed by atoms with Crippen LogP contribution in [0.3, 0.4) is 0 Å². The first-order valence-electron chi connectivity index (χ1n) is 7.81. The molecule has 1 saturated carbocycles. The van der Waals surface area contributed by atoms with Gasteiger partial charge in [0.15, 0.2) is 0 Å². The zero-order valence-electron chi connectivity index (χ0n) is 13.5. The summed E-state index contributed by atoms with van der Waals surface area (Å²) in [5.74, 6) is 0.561. The topological polar surface area (TPSA) is 73.0 Å². The molecule has 1 aliphatic rings. The normalized spacial score (nSPS) is 21.2. The van der Waals surface area contributed by atoms with E-state index in [1.807, 2.05) is 6.92 Å². The highest BCUT2D eigenvalue weighted by molar-refractivity contribution is 5.60. The minimum absolute atomic E-state index is 0.155. The summed E-state index contributed by atoms with van der Waals surface area (Å²) in [4.78, 5) is 11.1. The van der Waals surface area contributed by atoms with E-state index in [1.165, 1.54) is 6.42 Å². The zero-order chi connectivity index (χ0) is 15.6. The van der Waals surface area contributed by atoms with E-state index in [1.54, 1.807) is 11.7 Å². The number of hydrogen-bond acceptors (Lipinski definition) is 4. The van der Waals surface area contributed by atoms with Crippen LogP contribution in [0.25, 0.3) is 0 Å². The Bertz CT molecular complexity index is 522. The van der Waals surface area contributed by atoms with Gasteiger partial charge in [-0.15, -0.1) is 0 Å². The van der Waals surface area contributed by atoms with Gasteiger partial charge in [-0.3, -0.25) is 10.1 Å². The van der Waals surface area contributed by atoms with Crippen molar-refractivity contribution in [2.75, 3.05) is 5.32 Å². The van der Waals surface area contributed by atoms with E-state index < -0.39 is 0 Å². The number of nitrogens with zero attached hydrogens (tertiary/aromatic N) is 3. The highest BCUT2D eigenvalue weighted by Gasteiger charge is 2.32. The molecule has 1 fully saturated rings. The van der Waals surface area contributed by atoms with E-state index in [2.05, 4.69) is 24.3 Å². The van der Waals surface area contributed by atoms with Gasteiger partial charge in [0.1, 0.15) is 5.69 Å². The summed E-state index contributed by atoms with van der Waals surface area (Å²) >= 11 is 0. The van der Waals surface area contributed by atoms with Crippen LogP contribution < -0.4 is 5.32 Å². The van der Waals surface area contributed by atoms with E-state index >= 15 is 0 Å². The van der Waals surface area contributed by atoms with Gasteiger partial charge in [0.05, 0.1) is 4.92 Å². The van der Waals surface area contributed by atoms with E-state index in [4.69, 9.17) is 0 Å². The van der Waals surface area contributed by atoms with Crippen molar-refractivity contribution in [3.63, 3.8) is 0 Å². The first-order chi connectivity index (χ1) is 9.84. The van der Waals surface area contributed by atoms with Gasteiger partial charge in [-0.1, -0.05) is 33.6 Å². The van der Waals surface area contributed by atoms with Gasteiger partial charge < -0.3 is 5.32 Å². The molecule has 0 bridgehead atoms. The van der Waals surface area contributed by atoms with Crippen LogP contribution in [0.2, 0.25) is 0 Å². The predicted octanol–water partition coefficient (Wildman–Crippen LogP) is 3.66. The molecule has 1 aliphatic carbocycles. The van der Waals surface area contributed by atoms with Gasteiger partial charge in [-0.2, -0.15) is 5.10 Å². The lowest BCUT2D eigenvalue weighted by atomic mass is 9.75. The van der Waals surface area contributed by atoms with E-state index in [0.29, 0.717) is 23.3 Å². The lowest BCUT2D eigenvalue weighted by Crippen LogP contribution is -2.32. The Balaban J connectivity index is 2.25. The first-order valence-corrected chi connectivity index (χ1v) is 7.81. The standard InChI is InChI=1S/C15H26N4O2/c1-5-7-12-13(19(20)21)14(18(4)17-12)16-11-8-6-9-15(2,3)10-11/h11,16H,5-10H2,1-4H3.